The van der Waals surface area contributed by atoms with Gasteiger partial charge in [0.1, 0.15) is 12.4 Å². The van der Waals surface area contributed by atoms with Crippen LogP contribution < -0.4 is 10.1 Å². The lowest BCUT2D eigenvalue weighted by Gasteiger charge is -2.36. The number of fused-ring (bicyclic) bond motifs is 2. The van der Waals surface area contributed by atoms with Crippen molar-refractivity contribution in [3.63, 3.8) is 0 Å². The van der Waals surface area contributed by atoms with Crippen LogP contribution in [0.3, 0.4) is 0 Å². The normalized spacial score (nSPS) is 20.5. The van der Waals surface area contributed by atoms with Crippen LogP contribution in [0.4, 0.5) is 5.69 Å². The molecule has 2 amide bonds. The molecule has 4 aromatic rings. The van der Waals surface area contributed by atoms with Gasteiger partial charge in [-0.2, -0.15) is 0 Å². The maximum atomic E-state index is 13.7. The third-order valence-electron chi connectivity index (χ3n) is 7.43. The molecule has 0 radical (unpaired) electrons. The lowest BCUT2D eigenvalue weighted by atomic mass is 10.0. The number of hydrogen-bond acceptors (Lipinski definition) is 8. The summed E-state index contributed by atoms with van der Waals surface area (Å²) in [6.07, 6.45) is 3.49. The summed E-state index contributed by atoms with van der Waals surface area (Å²) in [5.74, 6) is 0.0862. The van der Waals surface area contributed by atoms with E-state index < -0.39 is 0 Å². The Balaban J connectivity index is 1.41. The van der Waals surface area contributed by atoms with Crippen molar-refractivity contribution >= 4 is 39.1 Å². The van der Waals surface area contributed by atoms with Gasteiger partial charge in [0.25, 0.3) is 11.8 Å². The van der Waals surface area contributed by atoms with Gasteiger partial charge < -0.3 is 19.7 Å². The highest BCUT2D eigenvalue weighted by Gasteiger charge is 2.29. The minimum Gasteiger partial charge on any atom is -0.491 e. The molecule has 1 N–H and O–H groups in total. The number of aromatic nitrogens is 2. The van der Waals surface area contributed by atoms with Crippen LogP contribution in [-0.4, -0.2) is 77.6 Å². The fraction of sp³-hybridized carbons (Fsp3) is 0.355. The number of methoxy groups -OCH3 is 1. The standard InChI is InChI=1S/C31H35N5O4S/c1-20-16-36(17-22-8-7-13-32-15-22)21(2)19-40-26-12-11-23(14-24(26)31(38)35(3)18-27(20)39-4)33-29(37)30-34-25-9-5-6-10-28(25)41-30/h5-15,20-21,27H,16-19H2,1-4H3,(H,33,37)/t20-,21-,27+/m0/s1. The van der Waals surface area contributed by atoms with E-state index >= 15 is 0 Å². The van der Waals surface area contributed by atoms with Gasteiger partial charge in [0.2, 0.25) is 0 Å². The predicted octanol–water partition coefficient (Wildman–Crippen LogP) is 4.95. The van der Waals surface area contributed by atoms with E-state index in [1.807, 2.05) is 36.5 Å². The molecule has 2 aromatic heterocycles. The molecule has 10 heteroatoms. The summed E-state index contributed by atoms with van der Waals surface area (Å²) in [6.45, 7) is 6.54. The van der Waals surface area contributed by atoms with Crippen molar-refractivity contribution < 1.29 is 19.1 Å². The van der Waals surface area contributed by atoms with Crippen molar-refractivity contribution in [2.24, 2.45) is 5.92 Å². The van der Waals surface area contributed by atoms with Crippen LogP contribution in [0.15, 0.2) is 67.0 Å². The van der Waals surface area contributed by atoms with E-state index in [1.165, 1.54) is 11.3 Å². The van der Waals surface area contributed by atoms with Gasteiger partial charge in [0.05, 0.1) is 21.9 Å². The number of likely N-dealkylation sites (N-methyl/N-ethyl adjacent to an activating group) is 1. The first-order chi connectivity index (χ1) is 19.8. The van der Waals surface area contributed by atoms with Gasteiger partial charge in [0, 0.05) is 57.9 Å². The van der Waals surface area contributed by atoms with Crippen LogP contribution in [0.25, 0.3) is 10.2 Å². The number of nitrogens with zero attached hydrogens (tertiary/aromatic N) is 4. The van der Waals surface area contributed by atoms with Crippen LogP contribution >= 0.6 is 11.3 Å². The number of anilines is 1. The summed E-state index contributed by atoms with van der Waals surface area (Å²) < 4.78 is 13.1. The zero-order valence-corrected chi connectivity index (χ0v) is 24.6. The highest BCUT2D eigenvalue weighted by atomic mass is 32.1. The molecule has 5 rings (SSSR count). The molecule has 3 heterocycles. The van der Waals surface area contributed by atoms with Gasteiger partial charge in [-0.1, -0.05) is 25.1 Å². The van der Waals surface area contributed by atoms with Crippen LogP contribution in [0.1, 0.15) is 39.6 Å². The van der Waals surface area contributed by atoms with Crippen molar-refractivity contribution in [1.82, 2.24) is 19.8 Å². The molecule has 41 heavy (non-hydrogen) atoms. The third kappa shape index (κ3) is 6.73. The number of amides is 2. The molecule has 0 unspecified atom stereocenters. The second-order valence-corrected chi connectivity index (χ2v) is 11.6. The summed E-state index contributed by atoms with van der Waals surface area (Å²) in [6, 6.07) is 16.9. The van der Waals surface area contributed by atoms with E-state index in [4.69, 9.17) is 9.47 Å². The number of pyridine rings is 1. The molecule has 1 aliphatic rings. The number of ether oxygens (including phenoxy) is 2. The summed E-state index contributed by atoms with van der Waals surface area (Å²) >= 11 is 1.33. The quantitative estimate of drug-likeness (QED) is 0.361. The molecule has 0 spiro atoms. The zero-order chi connectivity index (χ0) is 28.9. The minimum atomic E-state index is -0.325. The van der Waals surface area contributed by atoms with E-state index in [0.717, 1.165) is 28.9 Å². The van der Waals surface area contributed by atoms with E-state index in [0.29, 0.717) is 35.2 Å². The minimum absolute atomic E-state index is 0.0497. The van der Waals surface area contributed by atoms with Crippen LogP contribution in [0, 0.1) is 5.92 Å². The van der Waals surface area contributed by atoms with Crippen molar-refractivity contribution in [2.75, 3.05) is 39.2 Å². The van der Waals surface area contributed by atoms with Gasteiger partial charge in [0.15, 0.2) is 5.01 Å². The molecular weight excluding hydrogens is 538 g/mol. The zero-order valence-electron chi connectivity index (χ0n) is 23.7. The molecular formula is C31H35N5O4S. The number of thiazole rings is 1. The Bertz CT molecular complexity index is 1480. The maximum Gasteiger partial charge on any atom is 0.284 e. The first-order valence-corrected chi connectivity index (χ1v) is 14.5. The van der Waals surface area contributed by atoms with Gasteiger partial charge in [-0.05, 0) is 54.8 Å². The average Bonchev–Trinajstić information content (AvgIpc) is 3.43. The van der Waals surface area contributed by atoms with E-state index in [1.54, 1.807) is 43.5 Å². The fourth-order valence-corrected chi connectivity index (χ4v) is 5.89. The first kappa shape index (κ1) is 28.7. The second-order valence-electron chi connectivity index (χ2n) is 10.5. The highest BCUT2D eigenvalue weighted by molar-refractivity contribution is 7.20. The molecule has 0 fully saturated rings. The Morgan fingerprint density at radius 1 is 1.15 bits per heavy atom. The summed E-state index contributed by atoms with van der Waals surface area (Å²) in [5.41, 5.74) is 2.77. The Hall–Kier alpha value is -3.86. The number of carbonyl (C=O) groups excluding carboxylic acids is 2. The second kappa shape index (κ2) is 12.8. The van der Waals surface area contributed by atoms with Crippen molar-refractivity contribution in [2.45, 2.75) is 32.5 Å². The van der Waals surface area contributed by atoms with Crippen molar-refractivity contribution in [3.8, 4) is 5.75 Å². The topological polar surface area (TPSA) is 96.9 Å². The van der Waals surface area contributed by atoms with Gasteiger partial charge >= 0.3 is 0 Å². The molecule has 0 aliphatic carbocycles. The maximum absolute atomic E-state index is 13.7. The molecule has 2 aromatic carbocycles. The van der Waals surface area contributed by atoms with Crippen LogP contribution in [0.2, 0.25) is 0 Å². The molecule has 0 saturated heterocycles. The first-order valence-electron chi connectivity index (χ1n) is 13.7. The van der Waals surface area contributed by atoms with Crippen LogP contribution in [-0.2, 0) is 11.3 Å². The Morgan fingerprint density at radius 3 is 2.73 bits per heavy atom. The molecule has 1 aliphatic heterocycles. The summed E-state index contributed by atoms with van der Waals surface area (Å²) in [5, 5.41) is 3.26. The van der Waals surface area contributed by atoms with E-state index in [9.17, 15) is 9.59 Å². The smallest absolute Gasteiger partial charge is 0.284 e. The van der Waals surface area contributed by atoms with Gasteiger partial charge in [-0.25, -0.2) is 4.98 Å². The molecule has 0 saturated carbocycles. The molecule has 9 nitrogen and oxygen atoms in total. The highest BCUT2D eigenvalue weighted by Crippen LogP contribution is 2.28. The summed E-state index contributed by atoms with van der Waals surface area (Å²) in [4.78, 5) is 39.5. The van der Waals surface area contributed by atoms with Gasteiger partial charge in [-0.15, -0.1) is 11.3 Å². The number of nitrogens with one attached hydrogen (secondary N) is 1. The number of carbonyl (C=O) groups is 2. The molecule has 3 atom stereocenters. The molecule has 214 valence electrons. The Kier molecular flexibility index (Phi) is 8.92. The van der Waals surface area contributed by atoms with Gasteiger partial charge in [-0.3, -0.25) is 19.5 Å². The van der Waals surface area contributed by atoms with E-state index in [2.05, 4.69) is 40.1 Å². The monoisotopic (exact) mass is 573 g/mol. The third-order valence-corrected chi connectivity index (χ3v) is 8.46. The van der Waals surface area contributed by atoms with Crippen molar-refractivity contribution in [3.05, 3.63) is 83.1 Å². The Labute approximate surface area is 244 Å². The SMILES string of the molecule is CO[C@@H]1CN(C)C(=O)c2cc(NC(=O)c3nc4ccccc4s3)ccc2OC[C@H](C)N(Cc2cccnc2)C[C@@H]1C. The average molecular weight is 574 g/mol. The fourth-order valence-electron chi connectivity index (χ4n) is 5.03. The number of para-hydroxylation sites is 1. The Morgan fingerprint density at radius 2 is 1.98 bits per heavy atom. The van der Waals surface area contributed by atoms with Crippen molar-refractivity contribution in [1.29, 1.82) is 0 Å². The molecule has 0 bridgehead atoms. The largest absolute Gasteiger partial charge is 0.491 e. The number of hydrogen-bond donors (Lipinski definition) is 1. The lowest BCUT2D eigenvalue weighted by Crippen LogP contribution is -2.46. The number of benzene rings is 2. The van der Waals surface area contributed by atoms with Crippen LogP contribution in [0.5, 0.6) is 5.75 Å². The summed E-state index contributed by atoms with van der Waals surface area (Å²) in [7, 11) is 3.45. The van der Waals surface area contributed by atoms with E-state index in [-0.39, 0.29) is 29.9 Å². The number of rotatable bonds is 5. The lowest BCUT2D eigenvalue weighted by molar-refractivity contribution is 0.00920. The predicted molar refractivity (Wildman–Crippen MR) is 161 cm³/mol.